The number of pyridine rings is 1. The average Bonchev–Trinajstić information content (AvgIpc) is 3.32. The van der Waals surface area contributed by atoms with Gasteiger partial charge in [-0.3, -0.25) is 9.72 Å². The van der Waals surface area contributed by atoms with E-state index in [9.17, 15) is 32.7 Å². The van der Waals surface area contributed by atoms with Gasteiger partial charge in [-0.1, -0.05) is 5.16 Å². The zero-order valence-corrected chi connectivity index (χ0v) is 29.0. The molecular weight excluding hydrogens is 691 g/mol. The lowest BCUT2D eigenvalue weighted by atomic mass is 10.0. The Balaban J connectivity index is 1.39. The van der Waals surface area contributed by atoms with E-state index in [4.69, 9.17) is 14.0 Å². The van der Waals surface area contributed by atoms with Gasteiger partial charge in [0.25, 0.3) is 0 Å². The van der Waals surface area contributed by atoms with Gasteiger partial charge < -0.3 is 29.0 Å². The fourth-order valence-corrected chi connectivity index (χ4v) is 5.57. The Hall–Kier alpha value is -5.72. The van der Waals surface area contributed by atoms with Crippen LogP contribution in [0.3, 0.4) is 0 Å². The summed E-state index contributed by atoms with van der Waals surface area (Å²) in [5, 5.41) is 18.7. The average molecular weight is 728 g/mol. The first kappa shape index (κ1) is 36.1. The van der Waals surface area contributed by atoms with E-state index < -0.39 is 41.0 Å². The molecule has 0 atom stereocenters. The lowest BCUT2D eigenvalue weighted by Crippen LogP contribution is -2.44. The molecule has 1 aliphatic carbocycles. The maximum atomic E-state index is 13.6. The van der Waals surface area contributed by atoms with Crippen LogP contribution < -0.4 is 15.5 Å². The van der Waals surface area contributed by atoms with Crippen LogP contribution in [0, 0.1) is 0 Å². The fraction of sp³-hybridized carbons (Fsp3) is 0.424. The Kier molecular flexibility index (Phi) is 8.88. The number of imide groups is 1. The third kappa shape index (κ3) is 6.95. The maximum Gasteiger partial charge on any atom is 0.425 e. The Bertz CT molecular complexity index is 2140. The van der Waals surface area contributed by atoms with Crippen LogP contribution in [-0.4, -0.2) is 76.4 Å². The number of nitrogens with zero attached hydrogens (tertiary/aromatic N) is 7. The van der Waals surface area contributed by atoms with E-state index in [-0.39, 0.29) is 65.8 Å². The first-order chi connectivity index (χ1) is 24.3. The molecule has 6 rings (SSSR count). The van der Waals surface area contributed by atoms with Crippen molar-refractivity contribution in [3.63, 3.8) is 0 Å². The summed E-state index contributed by atoms with van der Waals surface area (Å²) in [6.07, 6.45) is -0.981. The lowest BCUT2D eigenvalue weighted by Gasteiger charge is -2.28. The largest absolute Gasteiger partial charge is 0.443 e. The van der Waals surface area contributed by atoms with Crippen LogP contribution >= 0.6 is 0 Å². The minimum atomic E-state index is -4.51. The Morgan fingerprint density at radius 2 is 1.65 bits per heavy atom. The molecule has 0 bridgehead atoms. The van der Waals surface area contributed by atoms with Crippen molar-refractivity contribution < 1.29 is 46.7 Å². The van der Waals surface area contributed by atoms with Crippen molar-refractivity contribution in [3.8, 4) is 11.3 Å². The predicted molar refractivity (Wildman–Crippen MR) is 180 cm³/mol. The number of aliphatic hydroxyl groups is 1. The van der Waals surface area contributed by atoms with Gasteiger partial charge in [0.1, 0.15) is 28.6 Å². The zero-order valence-electron chi connectivity index (χ0n) is 29.0. The third-order valence-corrected chi connectivity index (χ3v) is 7.93. The molecule has 16 nitrogen and oxygen atoms in total. The van der Waals surface area contributed by atoms with E-state index >= 15 is 0 Å². The second kappa shape index (κ2) is 12.8. The monoisotopic (exact) mass is 727 g/mol. The van der Waals surface area contributed by atoms with Crippen molar-refractivity contribution >= 4 is 52.2 Å². The van der Waals surface area contributed by atoms with Crippen molar-refractivity contribution in [2.24, 2.45) is 0 Å². The standard InChI is InChI=1S/C33H36F3N9O7/c1-30(2,3)50-28(48)45(29(49)51-31(4,5)6)26-23-18(16-43(13-14-46)25(23)38-17-39-26)20-8-7-19(24-37-11-12-44(20)24)40-27(47)41-22-15-21(52-42-22)32(9-10-32)33(34,35)36/h7-8,11-12,15-17,46H,9-10,13-14H2,1-6H3,(H2,40,41,42,47). The molecule has 0 radical (unpaired) electrons. The summed E-state index contributed by atoms with van der Waals surface area (Å²) in [5.41, 5.74) is -2.50. The molecule has 0 aliphatic heterocycles. The molecule has 1 fully saturated rings. The number of anilines is 3. The van der Waals surface area contributed by atoms with Crippen LogP contribution in [0.1, 0.15) is 60.1 Å². The third-order valence-electron chi connectivity index (χ3n) is 7.93. The number of hydrogen-bond acceptors (Lipinski definition) is 11. The second-order valence-electron chi connectivity index (χ2n) is 14.1. The smallest absolute Gasteiger partial charge is 0.425 e. The summed E-state index contributed by atoms with van der Waals surface area (Å²) in [5.74, 6) is -0.737. The number of hydrogen-bond donors (Lipinski definition) is 3. The fourth-order valence-electron chi connectivity index (χ4n) is 5.57. The molecule has 0 aromatic carbocycles. The van der Waals surface area contributed by atoms with Crippen LogP contribution in [-0.2, 0) is 21.4 Å². The maximum absolute atomic E-state index is 13.6. The van der Waals surface area contributed by atoms with Crippen molar-refractivity contribution in [1.29, 1.82) is 0 Å². The number of carbonyl (C=O) groups excluding carboxylic acids is 3. The first-order valence-electron chi connectivity index (χ1n) is 16.1. The highest BCUT2D eigenvalue weighted by Crippen LogP contribution is 2.59. The van der Waals surface area contributed by atoms with E-state index in [0.717, 1.165) is 6.07 Å². The van der Waals surface area contributed by atoms with Crippen LogP contribution in [0.5, 0.6) is 0 Å². The molecule has 52 heavy (non-hydrogen) atoms. The van der Waals surface area contributed by atoms with Crippen LogP contribution in [0.15, 0.2) is 47.6 Å². The second-order valence-corrected chi connectivity index (χ2v) is 14.1. The molecule has 1 saturated carbocycles. The number of halogens is 3. The highest BCUT2D eigenvalue weighted by molar-refractivity contribution is 6.16. The number of aromatic nitrogens is 6. The summed E-state index contributed by atoms with van der Waals surface area (Å²) in [7, 11) is 0. The molecule has 5 aromatic heterocycles. The van der Waals surface area contributed by atoms with Gasteiger partial charge >= 0.3 is 24.4 Å². The number of nitrogens with one attached hydrogen (secondary N) is 2. The highest BCUT2D eigenvalue weighted by atomic mass is 19.4. The number of alkyl halides is 3. The Morgan fingerprint density at radius 1 is 0.981 bits per heavy atom. The van der Waals surface area contributed by atoms with Gasteiger partial charge in [0.05, 0.1) is 23.4 Å². The summed E-state index contributed by atoms with van der Waals surface area (Å²) in [6, 6.07) is 3.38. The summed E-state index contributed by atoms with van der Waals surface area (Å²) in [6.45, 7) is 9.67. The molecule has 1 aliphatic rings. The lowest BCUT2D eigenvalue weighted by molar-refractivity contribution is -0.165. The summed E-state index contributed by atoms with van der Waals surface area (Å²) < 4.78 is 59.9. The molecule has 5 heterocycles. The molecule has 276 valence electrons. The number of rotatable bonds is 7. The molecule has 4 amide bonds. The SMILES string of the molecule is CC(C)(C)OC(=O)N(C(=O)OC(C)(C)C)c1ncnc2c1c(-c1ccc(NC(=O)Nc3cc(C4(C(F)(F)F)CC4)on3)c3nccn13)cn2CCO. The minimum Gasteiger partial charge on any atom is -0.443 e. The number of carbonyl (C=O) groups is 3. The van der Waals surface area contributed by atoms with Gasteiger partial charge in [-0.05, 0) is 66.5 Å². The van der Waals surface area contributed by atoms with E-state index in [0.29, 0.717) is 16.2 Å². The van der Waals surface area contributed by atoms with Gasteiger partial charge in [0.2, 0.25) is 0 Å². The normalized spacial score (nSPS) is 14.3. The number of ether oxygens (including phenoxy) is 2. The molecule has 0 saturated heterocycles. The molecule has 19 heteroatoms. The van der Waals surface area contributed by atoms with Crippen molar-refractivity contribution in [1.82, 2.24) is 29.1 Å². The number of imidazole rings is 1. The van der Waals surface area contributed by atoms with E-state index in [1.165, 1.54) is 18.6 Å². The number of urea groups is 1. The topological polar surface area (TPSA) is 191 Å². The molecule has 5 aromatic rings. The number of fused-ring (bicyclic) bond motifs is 2. The van der Waals surface area contributed by atoms with Crippen LogP contribution in [0.4, 0.5) is 44.9 Å². The highest BCUT2D eigenvalue weighted by Gasteiger charge is 2.67. The summed E-state index contributed by atoms with van der Waals surface area (Å²) in [4.78, 5) is 54.0. The van der Waals surface area contributed by atoms with Crippen LogP contribution in [0.25, 0.3) is 27.9 Å². The van der Waals surface area contributed by atoms with E-state index in [1.54, 1.807) is 69.0 Å². The zero-order chi connectivity index (χ0) is 37.8. The Labute approximate surface area is 293 Å². The van der Waals surface area contributed by atoms with Gasteiger partial charge in [-0.2, -0.15) is 18.1 Å². The first-order valence-corrected chi connectivity index (χ1v) is 16.1. The van der Waals surface area contributed by atoms with Gasteiger partial charge in [0, 0.05) is 36.8 Å². The molecule has 0 spiro atoms. The summed E-state index contributed by atoms with van der Waals surface area (Å²) >= 11 is 0. The van der Waals surface area contributed by atoms with Crippen molar-refractivity contribution in [3.05, 3.63) is 48.9 Å². The number of amides is 4. The molecular formula is C33H36F3N9O7. The predicted octanol–water partition coefficient (Wildman–Crippen LogP) is 6.64. The van der Waals surface area contributed by atoms with E-state index in [1.807, 2.05) is 0 Å². The van der Waals surface area contributed by atoms with Gasteiger partial charge in [0.15, 0.2) is 23.0 Å². The van der Waals surface area contributed by atoms with Gasteiger partial charge in [-0.25, -0.2) is 29.3 Å². The van der Waals surface area contributed by atoms with Crippen LogP contribution in [0.2, 0.25) is 0 Å². The van der Waals surface area contributed by atoms with Crippen molar-refractivity contribution in [2.75, 3.05) is 22.1 Å². The van der Waals surface area contributed by atoms with Gasteiger partial charge in [-0.15, -0.1) is 0 Å². The Morgan fingerprint density at radius 3 is 2.25 bits per heavy atom. The quantitative estimate of drug-likeness (QED) is 0.163. The molecule has 3 N–H and O–H groups in total. The van der Waals surface area contributed by atoms with E-state index in [2.05, 4.69) is 30.7 Å². The number of aliphatic hydroxyl groups excluding tert-OH is 1. The molecule has 0 unspecified atom stereocenters. The van der Waals surface area contributed by atoms with Crippen molar-refractivity contribution in [2.45, 2.75) is 83.7 Å². The minimum absolute atomic E-state index is 0.0898.